The average Bonchev–Trinajstić information content (AvgIpc) is 3.08. The van der Waals surface area contributed by atoms with Gasteiger partial charge in [-0.2, -0.15) is 0 Å². The van der Waals surface area contributed by atoms with E-state index in [1.54, 1.807) is 29.4 Å². The molecular weight excluding hydrogens is 293 g/mol. The van der Waals surface area contributed by atoms with Crippen molar-refractivity contribution in [3.8, 4) is 5.69 Å². The highest BCUT2D eigenvalue weighted by Crippen LogP contribution is 2.15. The molecule has 0 unspecified atom stereocenters. The molecule has 1 aromatic heterocycles. The fourth-order valence-electron chi connectivity index (χ4n) is 2.15. The monoisotopic (exact) mass is 309 g/mol. The molecule has 0 atom stereocenters. The lowest BCUT2D eigenvalue weighted by Gasteiger charge is -2.07. The number of halogens is 1. The van der Waals surface area contributed by atoms with Gasteiger partial charge in [0.25, 0.3) is 0 Å². The number of benzene rings is 2. The van der Waals surface area contributed by atoms with Crippen molar-refractivity contribution < 1.29 is 4.39 Å². The van der Waals surface area contributed by atoms with E-state index in [4.69, 9.17) is 5.73 Å². The van der Waals surface area contributed by atoms with Gasteiger partial charge >= 0.3 is 0 Å². The lowest BCUT2D eigenvalue weighted by molar-refractivity contribution is 0.616. The number of aliphatic imine (C=N–C) groups is 1. The van der Waals surface area contributed by atoms with Gasteiger partial charge in [-0.15, -0.1) is 0 Å². The zero-order valence-corrected chi connectivity index (χ0v) is 12.4. The van der Waals surface area contributed by atoms with E-state index in [0.717, 1.165) is 11.3 Å². The summed E-state index contributed by atoms with van der Waals surface area (Å²) in [5.74, 6) is -0.0411. The lowest BCUT2D eigenvalue weighted by Crippen LogP contribution is -2.22. The van der Waals surface area contributed by atoms with E-state index in [2.05, 4.69) is 15.3 Å². The molecule has 0 spiro atoms. The summed E-state index contributed by atoms with van der Waals surface area (Å²) in [6, 6.07) is 14.5. The van der Waals surface area contributed by atoms with Gasteiger partial charge in [-0.05, 0) is 29.8 Å². The van der Waals surface area contributed by atoms with Gasteiger partial charge in [-0.25, -0.2) is 14.4 Å². The molecule has 3 N–H and O–H groups in total. The molecule has 0 fully saturated rings. The maximum absolute atomic E-state index is 14.1. The molecule has 6 heteroatoms. The van der Waals surface area contributed by atoms with E-state index < -0.39 is 0 Å². The van der Waals surface area contributed by atoms with Gasteiger partial charge in [0.15, 0.2) is 5.96 Å². The fraction of sp³-hybridized carbons (Fsp3) is 0.0588. The summed E-state index contributed by atoms with van der Waals surface area (Å²) in [7, 11) is 0. The van der Waals surface area contributed by atoms with E-state index in [0.29, 0.717) is 12.2 Å². The molecule has 0 radical (unpaired) electrons. The highest BCUT2D eigenvalue weighted by Gasteiger charge is 2.05. The summed E-state index contributed by atoms with van der Waals surface area (Å²) in [6.45, 7) is 0.298. The molecule has 3 aromatic rings. The quantitative estimate of drug-likeness (QED) is 0.575. The van der Waals surface area contributed by atoms with Crippen LogP contribution in [-0.4, -0.2) is 15.5 Å². The first-order chi connectivity index (χ1) is 11.2. The van der Waals surface area contributed by atoms with Crippen LogP contribution >= 0.6 is 0 Å². The molecule has 0 aliphatic heterocycles. The molecule has 23 heavy (non-hydrogen) atoms. The molecule has 0 bridgehead atoms. The van der Waals surface area contributed by atoms with Crippen LogP contribution in [0, 0.1) is 5.82 Å². The van der Waals surface area contributed by atoms with Gasteiger partial charge in [-0.1, -0.05) is 24.3 Å². The number of aromatic nitrogens is 2. The van der Waals surface area contributed by atoms with Crippen molar-refractivity contribution in [3.63, 3.8) is 0 Å². The second kappa shape index (κ2) is 6.74. The Morgan fingerprint density at radius 2 is 2.04 bits per heavy atom. The number of nitrogens with zero attached hydrogens (tertiary/aromatic N) is 3. The molecule has 0 aliphatic rings. The lowest BCUT2D eigenvalue weighted by atomic mass is 10.2. The predicted molar refractivity (Wildman–Crippen MR) is 88.9 cm³/mol. The normalized spacial score (nSPS) is 11.4. The summed E-state index contributed by atoms with van der Waals surface area (Å²) in [4.78, 5) is 8.13. The Labute approximate surface area is 133 Å². The van der Waals surface area contributed by atoms with Gasteiger partial charge in [0.2, 0.25) is 0 Å². The molecule has 3 rings (SSSR count). The minimum Gasteiger partial charge on any atom is -0.370 e. The molecular formula is C17H16FN5. The van der Waals surface area contributed by atoms with Gasteiger partial charge in [-0.3, -0.25) is 0 Å². The number of anilines is 1. The van der Waals surface area contributed by atoms with Crippen LogP contribution in [-0.2, 0) is 6.54 Å². The van der Waals surface area contributed by atoms with Crippen molar-refractivity contribution in [1.82, 2.24) is 9.55 Å². The maximum atomic E-state index is 14.1. The topological polar surface area (TPSA) is 68.2 Å². The minimum atomic E-state index is -0.328. The first kappa shape index (κ1) is 14.8. The molecule has 0 saturated heterocycles. The van der Waals surface area contributed by atoms with Crippen molar-refractivity contribution in [2.24, 2.45) is 10.7 Å². The van der Waals surface area contributed by atoms with Gasteiger partial charge in [0.05, 0.1) is 18.6 Å². The summed E-state index contributed by atoms with van der Waals surface area (Å²) < 4.78 is 15.8. The first-order valence-electron chi connectivity index (χ1n) is 7.11. The Morgan fingerprint density at radius 3 is 2.74 bits per heavy atom. The zero-order chi connectivity index (χ0) is 16.1. The van der Waals surface area contributed by atoms with Crippen LogP contribution in [0.15, 0.2) is 72.2 Å². The van der Waals surface area contributed by atoms with Gasteiger partial charge in [0.1, 0.15) is 5.82 Å². The van der Waals surface area contributed by atoms with Crippen molar-refractivity contribution in [1.29, 1.82) is 0 Å². The number of para-hydroxylation sites is 1. The maximum Gasteiger partial charge on any atom is 0.193 e. The third kappa shape index (κ3) is 3.74. The molecule has 2 aromatic carbocycles. The molecule has 0 amide bonds. The van der Waals surface area contributed by atoms with Crippen molar-refractivity contribution >= 4 is 11.6 Å². The molecule has 5 nitrogen and oxygen atoms in total. The molecule has 0 aliphatic carbocycles. The zero-order valence-electron chi connectivity index (χ0n) is 12.4. The average molecular weight is 309 g/mol. The number of nitrogens with one attached hydrogen (secondary N) is 1. The first-order valence-corrected chi connectivity index (χ1v) is 7.11. The SMILES string of the molecule is NC(=NCc1ccc(-n2ccnc2)c(F)c1)Nc1ccccc1. The number of hydrogen-bond acceptors (Lipinski definition) is 2. The number of imidazole rings is 1. The second-order valence-corrected chi connectivity index (χ2v) is 4.95. The van der Waals surface area contributed by atoms with E-state index >= 15 is 0 Å². The van der Waals surface area contributed by atoms with Crippen LogP contribution in [0.3, 0.4) is 0 Å². The number of hydrogen-bond donors (Lipinski definition) is 2. The third-order valence-electron chi connectivity index (χ3n) is 3.27. The smallest absolute Gasteiger partial charge is 0.193 e. The Bertz CT molecular complexity index is 797. The third-order valence-corrected chi connectivity index (χ3v) is 3.27. The summed E-state index contributed by atoms with van der Waals surface area (Å²) >= 11 is 0. The summed E-state index contributed by atoms with van der Waals surface area (Å²) in [6.07, 6.45) is 4.85. The van der Waals surface area contributed by atoms with Crippen LogP contribution in [0.25, 0.3) is 5.69 Å². The molecule has 116 valence electrons. The highest BCUT2D eigenvalue weighted by molar-refractivity contribution is 5.92. The minimum absolute atomic E-state index is 0.287. The second-order valence-electron chi connectivity index (χ2n) is 4.95. The van der Waals surface area contributed by atoms with Gasteiger partial charge < -0.3 is 15.6 Å². The Hall–Kier alpha value is -3.15. The predicted octanol–water partition coefficient (Wildman–Crippen LogP) is 2.94. The van der Waals surface area contributed by atoms with Gasteiger partial charge in [0, 0.05) is 18.1 Å². The summed E-state index contributed by atoms with van der Waals surface area (Å²) in [5, 5.41) is 2.98. The van der Waals surface area contributed by atoms with Crippen LogP contribution in [0.4, 0.5) is 10.1 Å². The van der Waals surface area contributed by atoms with E-state index in [-0.39, 0.29) is 11.8 Å². The summed E-state index contributed by atoms with van der Waals surface area (Å²) in [5.41, 5.74) is 7.88. The van der Waals surface area contributed by atoms with Crippen LogP contribution < -0.4 is 11.1 Å². The standard InChI is InChI=1S/C17H16FN5/c18-15-10-13(6-7-16(15)23-9-8-20-12-23)11-21-17(19)22-14-4-2-1-3-5-14/h1-10,12H,11H2,(H3,19,21,22). The molecule has 1 heterocycles. The fourth-order valence-corrected chi connectivity index (χ4v) is 2.15. The largest absolute Gasteiger partial charge is 0.370 e. The Balaban J connectivity index is 1.68. The van der Waals surface area contributed by atoms with Crippen molar-refractivity contribution in [2.45, 2.75) is 6.54 Å². The van der Waals surface area contributed by atoms with Crippen LogP contribution in [0.1, 0.15) is 5.56 Å². The van der Waals surface area contributed by atoms with Crippen molar-refractivity contribution in [2.75, 3.05) is 5.32 Å². The highest BCUT2D eigenvalue weighted by atomic mass is 19.1. The number of nitrogens with two attached hydrogens (primary N) is 1. The van der Waals surface area contributed by atoms with Crippen LogP contribution in [0.2, 0.25) is 0 Å². The number of rotatable bonds is 4. The Kier molecular flexibility index (Phi) is 4.33. The van der Waals surface area contributed by atoms with E-state index in [1.165, 1.54) is 6.07 Å². The van der Waals surface area contributed by atoms with Crippen LogP contribution in [0.5, 0.6) is 0 Å². The molecule has 0 saturated carbocycles. The van der Waals surface area contributed by atoms with E-state index in [9.17, 15) is 4.39 Å². The number of guanidine groups is 1. The van der Waals surface area contributed by atoms with E-state index in [1.807, 2.05) is 36.4 Å². The Morgan fingerprint density at radius 1 is 1.22 bits per heavy atom. The van der Waals surface area contributed by atoms with Crippen molar-refractivity contribution in [3.05, 3.63) is 78.6 Å².